The van der Waals surface area contributed by atoms with Gasteiger partial charge in [0.1, 0.15) is 12.6 Å². The monoisotopic (exact) mass is 599 g/mol. The Morgan fingerprint density at radius 3 is 2.05 bits per heavy atom. The van der Waals surface area contributed by atoms with Gasteiger partial charge in [0.15, 0.2) is 0 Å². The van der Waals surface area contributed by atoms with E-state index in [9.17, 15) is 18.0 Å². The van der Waals surface area contributed by atoms with Crippen LogP contribution in [-0.4, -0.2) is 43.3 Å². The third-order valence-electron chi connectivity index (χ3n) is 5.86. The Kier molecular flexibility index (Phi) is 9.38. The molecule has 0 aliphatic rings. The zero-order valence-electron chi connectivity index (χ0n) is 22.3. The highest BCUT2D eigenvalue weighted by Crippen LogP contribution is 2.26. The molecule has 9 heteroatoms. The fourth-order valence-electron chi connectivity index (χ4n) is 3.81. The van der Waals surface area contributed by atoms with Crippen molar-refractivity contribution < 1.29 is 18.0 Å². The number of carbonyl (C=O) groups excluding carboxylic acids is 2. The van der Waals surface area contributed by atoms with Crippen LogP contribution in [0.15, 0.2) is 88.2 Å². The van der Waals surface area contributed by atoms with E-state index in [0.717, 1.165) is 19.9 Å². The van der Waals surface area contributed by atoms with Gasteiger partial charge in [0, 0.05) is 16.6 Å². The van der Waals surface area contributed by atoms with E-state index in [-0.39, 0.29) is 17.3 Å². The molecule has 0 heterocycles. The SMILES string of the molecule is Cc1ccc(S(=O)(=O)N(CC(=O)N(Cc2ccccc2)[C@H](C)C(=O)NC(C)(C)C)c2ccc(Br)cc2)cc1. The van der Waals surface area contributed by atoms with Crippen molar-refractivity contribution in [1.82, 2.24) is 10.2 Å². The first kappa shape index (κ1) is 29.4. The number of rotatable bonds is 9. The van der Waals surface area contributed by atoms with Gasteiger partial charge in [0.25, 0.3) is 10.0 Å². The van der Waals surface area contributed by atoms with E-state index in [2.05, 4.69) is 21.2 Å². The number of nitrogens with zero attached hydrogens (tertiary/aromatic N) is 2. The Labute approximate surface area is 234 Å². The Bertz CT molecular complexity index is 1350. The van der Waals surface area contributed by atoms with Gasteiger partial charge in [0.2, 0.25) is 11.8 Å². The molecular formula is C29H34BrN3O4S. The smallest absolute Gasteiger partial charge is 0.264 e. The first-order chi connectivity index (χ1) is 17.8. The Hall–Kier alpha value is -3.17. The number of sulfonamides is 1. The molecule has 0 saturated carbocycles. The number of benzene rings is 3. The highest BCUT2D eigenvalue weighted by molar-refractivity contribution is 9.10. The predicted octanol–water partition coefficient (Wildman–Crippen LogP) is 5.28. The number of hydrogen-bond acceptors (Lipinski definition) is 4. The van der Waals surface area contributed by atoms with Gasteiger partial charge in [-0.15, -0.1) is 0 Å². The molecule has 202 valence electrons. The average Bonchev–Trinajstić information content (AvgIpc) is 2.85. The van der Waals surface area contributed by atoms with Crippen molar-refractivity contribution in [3.8, 4) is 0 Å². The van der Waals surface area contributed by atoms with Gasteiger partial charge in [0.05, 0.1) is 10.6 Å². The van der Waals surface area contributed by atoms with Crippen molar-refractivity contribution in [3.05, 3.63) is 94.5 Å². The van der Waals surface area contributed by atoms with Gasteiger partial charge in [-0.2, -0.15) is 0 Å². The van der Waals surface area contributed by atoms with Gasteiger partial charge < -0.3 is 10.2 Å². The van der Waals surface area contributed by atoms with E-state index in [1.807, 2.05) is 58.0 Å². The van der Waals surface area contributed by atoms with Crippen LogP contribution >= 0.6 is 15.9 Å². The maximum Gasteiger partial charge on any atom is 0.264 e. The average molecular weight is 601 g/mol. The van der Waals surface area contributed by atoms with Crippen LogP contribution in [-0.2, 0) is 26.2 Å². The summed E-state index contributed by atoms with van der Waals surface area (Å²) >= 11 is 3.38. The summed E-state index contributed by atoms with van der Waals surface area (Å²) in [5.41, 5.74) is 1.59. The topological polar surface area (TPSA) is 86.8 Å². The van der Waals surface area contributed by atoms with Crippen molar-refractivity contribution in [2.24, 2.45) is 0 Å². The molecule has 0 bridgehead atoms. The van der Waals surface area contributed by atoms with Gasteiger partial charge in [-0.1, -0.05) is 64.0 Å². The summed E-state index contributed by atoms with van der Waals surface area (Å²) in [6, 6.07) is 21.7. The van der Waals surface area contributed by atoms with Gasteiger partial charge in [-0.25, -0.2) is 8.42 Å². The number of hydrogen-bond donors (Lipinski definition) is 1. The normalized spacial score (nSPS) is 12.5. The molecule has 0 aliphatic carbocycles. The minimum Gasteiger partial charge on any atom is -0.350 e. The van der Waals surface area contributed by atoms with E-state index < -0.39 is 34.1 Å². The van der Waals surface area contributed by atoms with E-state index in [0.29, 0.717) is 5.69 Å². The zero-order valence-corrected chi connectivity index (χ0v) is 24.7. The Morgan fingerprint density at radius 1 is 0.921 bits per heavy atom. The Morgan fingerprint density at radius 2 is 1.50 bits per heavy atom. The number of anilines is 1. The molecule has 7 nitrogen and oxygen atoms in total. The van der Waals surface area contributed by atoms with Crippen molar-refractivity contribution >= 4 is 43.5 Å². The number of halogens is 1. The van der Waals surface area contributed by atoms with Crippen LogP contribution in [0, 0.1) is 6.92 Å². The van der Waals surface area contributed by atoms with Gasteiger partial charge >= 0.3 is 0 Å². The summed E-state index contributed by atoms with van der Waals surface area (Å²) in [5, 5.41) is 2.92. The second kappa shape index (κ2) is 12.1. The molecule has 1 atom stereocenters. The lowest BCUT2D eigenvalue weighted by atomic mass is 10.1. The summed E-state index contributed by atoms with van der Waals surface area (Å²) in [7, 11) is -4.09. The van der Waals surface area contributed by atoms with Crippen LogP contribution in [0.5, 0.6) is 0 Å². The van der Waals surface area contributed by atoms with Crippen molar-refractivity contribution in [2.45, 2.75) is 57.6 Å². The lowest BCUT2D eigenvalue weighted by Crippen LogP contribution is -2.54. The van der Waals surface area contributed by atoms with Crippen molar-refractivity contribution in [1.29, 1.82) is 0 Å². The zero-order chi connectivity index (χ0) is 28.1. The minimum absolute atomic E-state index is 0.0759. The summed E-state index contributed by atoms with van der Waals surface area (Å²) in [6.45, 7) is 8.80. The van der Waals surface area contributed by atoms with Crippen LogP contribution in [0.4, 0.5) is 5.69 Å². The lowest BCUT2D eigenvalue weighted by Gasteiger charge is -2.33. The Balaban J connectivity index is 2.02. The van der Waals surface area contributed by atoms with Crippen molar-refractivity contribution in [3.63, 3.8) is 0 Å². The number of nitrogens with one attached hydrogen (secondary N) is 1. The second-order valence-corrected chi connectivity index (χ2v) is 13.0. The molecule has 3 aromatic rings. The molecule has 0 aromatic heterocycles. The molecule has 2 amide bonds. The quantitative estimate of drug-likeness (QED) is 0.362. The van der Waals surface area contributed by atoms with Crippen molar-refractivity contribution in [2.75, 3.05) is 10.8 Å². The summed E-state index contributed by atoms with van der Waals surface area (Å²) in [6.07, 6.45) is 0. The van der Waals surface area contributed by atoms with E-state index >= 15 is 0 Å². The molecule has 1 N–H and O–H groups in total. The lowest BCUT2D eigenvalue weighted by molar-refractivity contribution is -0.140. The molecule has 0 radical (unpaired) electrons. The second-order valence-electron chi connectivity index (χ2n) is 10.2. The molecule has 0 spiro atoms. The third-order valence-corrected chi connectivity index (χ3v) is 8.18. The van der Waals surface area contributed by atoms with Crippen LogP contribution in [0.2, 0.25) is 0 Å². The standard InChI is InChI=1S/C29H34BrN3O4S/c1-21-11-17-26(18-12-21)38(36,37)33(25-15-13-24(30)14-16-25)20-27(34)32(19-23-9-7-6-8-10-23)22(2)28(35)31-29(3,4)5/h6-18,22H,19-20H2,1-5H3,(H,31,35)/t22-/m1/s1. The number of carbonyl (C=O) groups is 2. The molecule has 3 aromatic carbocycles. The summed E-state index contributed by atoms with van der Waals surface area (Å²) < 4.78 is 29.5. The van der Waals surface area contributed by atoms with E-state index in [1.165, 1.54) is 17.0 Å². The van der Waals surface area contributed by atoms with Crippen LogP contribution in [0.3, 0.4) is 0 Å². The first-order valence-corrected chi connectivity index (χ1v) is 14.5. The highest BCUT2D eigenvalue weighted by Gasteiger charge is 2.33. The van der Waals surface area contributed by atoms with Crippen LogP contribution in [0.1, 0.15) is 38.8 Å². The summed E-state index contributed by atoms with van der Waals surface area (Å²) in [4.78, 5) is 28.5. The van der Waals surface area contributed by atoms with Crippen LogP contribution < -0.4 is 9.62 Å². The fourth-order valence-corrected chi connectivity index (χ4v) is 5.49. The first-order valence-electron chi connectivity index (χ1n) is 12.3. The predicted molar refractivity (Wildman–Crippen MR) is 154 cm³/mol. The largest absolute Gasteiger partial charge is 0.350 e. The van der Waals surface area contributed by atoms with Crippen LogP contribution in [0.25, 0.3) is 0 Å². The molecule has 0 unspecified atom stereocenters. The maximum absolute atomic E-state index is 13.9. The molecule has 3 rings (SSSR count). The molecular weight excluding hydrogens is 566 g/mol. The minimum atomic E-state index is -4.09. The molecule has 38 heavy (non-hydrogen) atoms. The number of amides is 2. The maximum atomic E-state index is 13.9. The number of aryl methyl sites for hydroxylation is 1. The van der Waals surface area contributed by atoms with Gasteiger partial charge in [-0.3, -0.25) is 13.9 Å². The van der Waals surface area contributed by atoms with E-state index in [1.54, 1.807) is 43.3 Å². The molecule has 0 saturated heterocycles. The third kappa shape index (κ3) is 7.68. The highest BCUT2D eigenvalue weighted by atomic mass is 79.9. The van der Waals surface area contributed by atoms with Gasteiger partial charge in [-0.05, 0) is 76.6 Å². The fraction of sp³-hybridized carbons (Fsp3) is 0.310. The molecule has 0 aliphatic heterocycles. The summed E-state index contributed by atoms with van der Waals surface area (Å²) in [5.74, 6) is -0.817. The van der Waals surface area contributed by atoms with E-state index in [4.69, 9.17) is 0 Å². The molecule has 0 fully saturated rings.